The quantitative estimate of drug-likeness (QED) is 0.304. The summed E-state index contributed by atoms with van der Waals surface area (Å²) < 4.78 is 19.8. The molecule has 0 saturated carbocycles. The van der Waals surface area contributed by atoms with Crippen LogP contribution in [0.15, 0.2) is 102 Å². The number of aromatic hydroxyl groups is 1. The minimum absolute atomic E-state index is 0.183. The van der Waals surface area contributed by atoms with Crippen molar-refractivity contribution in [2.75, 3.05) is 0 Å². The van der Waals surface area contributed by atoms with Gasteiger partial charge in [-0.05, 0) is 36.8 Å². The Labute approximate surface area is 175 Å². The normalized spacial score (nSPS) is 15.6. The van der Waals surface area contributed by atoms with Gasteiger partial charge in [0.05, 0.1) is 5.71 Å². The lowest BCUT2D eigenvalue weighted by Crippen LogP contribution is -2.08. The summed E-state index contributed by atoms with van der Waals surface area (Å²) in [6.45, 7) is 1.82. The fraction of sp³-hybridized carbons (Fsp3) is 0.0417. The van der Waals surface area contributed by atoms with Crippen LogP contribution in [0.25, 0.3) is 11.5 Å². The number of phenolic OH excluding ortho intramolecular Hbond substituents is 1. The van der Waals surface area contributed by atoms with Gasteiger partial charge in [-0.1, -0.05) is 60.7 Å². The molecule has 3 aromatic carbocycles. The van der Waals surface area contributed by atoms with E-state index in [4.69, 9.17) is 4.74 Å². The Kier molecular flexibility index (Phi) is 5.55. The summed E-state index contributed by atoms with van der Waals surface area (Å²) in [7, 11) is -3.18. The molecule has 1 aliphatic rings. The number of nitrogens with zero attached hydrogens (tertiary/aromatic N) is 1. The number of ether oxygens (including phenoxy) is 1. The predicted molar refractivity (Wildman–Crippen MR) is 121 cm³/mol. The molecule has 0 aliphatic carbocycles. The largest absolute Gasteiger partial charge is 0.508 e. The molecule has 0 fully saturated rings. The molecule has 150 valence electrons. The Balaban J connectivity index is 1.70. The lowest BCUT2D eigenvalue weighted by Gasteiger charge is -2.22. The summed E-state index contributed by atoms with van der Waals surface area (Å²) in [5.74, 6) is 4.42. The highest BCUT2D eigenvalue weighted by Gasteiger charge is 2.26. The van der Waals surface area contributed by atoms with Crippen LogP contribution >= 0.6 is 7.29 Å². The molecule has 30 heavy (non-hydrogen) atoms. The van der Waals surface area contributed by atoms with Gasteiger partial charge in [0, 0.05) is 22.8 Å². The van der Waals surface area contributed by atoms with E-state index >= 15 is 0 Å². The molecular formula is C24H21N2O3P. The van der Waals surface area contributed by atoms with Crippen LogP contribution in [0, 0.1) is 0 Å². The monoisotopic (exact) mass is 416 g/mol. The molecule has 0 unspecified atom stereocenters. The first-order valence-electron chi connectivity index (χ1n) is 9.47. The van der Waals surface area contributed by atoms with Gasteiger partial charge in [0.1, 0.15) is 17.3 Å². The van der Waals surface area contributed by atoms with Crippen molar-refractivity contribution in [1.29, 1.82) is 0 Å². The Bertz CT molecular complexity index is 1110. The topological polar surface area (TPSA) is 70.9 Å². The molecule has 0 spiro atoms. The fourth-order valence-corrected chi connectivity index (χ4v) is 4.60. The van der Waals surface area contributed by atoms with Crippen molar-refractivity contribution in [1.82, 2.24) is 5.20 Å². The molecule has 6 heteroatoms. The van der Waals surface area contributed by atoms with Gasteiger partial charge in [-0.3, -0.25) is 9.76 Å². The van der Waals surface area contributed by atoms with Crippen molar-refractivity contribution in [2.45, 2.75) is 6.92 Å². The number of nitrogens with one attached hydrogen (secondary N) is 1. The van der Waals surface area contributed by atoms with Crippen LogP contribution in [0.5, 0.6) is 5.75 Å². The minimum atomic E-state index is -3.18. The summed E-state index contributed by atoms with van der Waals surface area (Å²) in [6, 6.07) is 25.8. The summed E-state index contributed by atoms with van der Waals surface area (Å²) in [4.78, 5) is 0. The Morgan fingerprint density at radius 1 is 0.833 bits per heavy atom. The maximum atomic E-state index is 13.7. The third kappa shape index (κ3) is 4.53. The minimum Gasteiger partial charge on any atom is -0.508 e. The zero-order valence-corrected chi connectivity index (χ0v) is 17.3. The number of benzene rings is 3. The van der Waals surface area contributed by atoms with Crippen LogP contribution in [0.2, 0.25) is 0 Å². The maximum Gasteiger partial charge on any atom is 0.235 e. The molecule has 3 aromatic rings. The van der Waals surface area contributed by atoms with Gasteiger partial charge in [-0.2, -0.15) is 5.10 Å². The van der Waals surface area contributed by atoms with Crippen molar-refractivity contribution in [2.24, 2.45) is 5.10 Å². The lowest BCUT2D eigenvalue weighted by molar-refractivity contribution is 0.468. The Morgan fingerprint density at radius 3 is 1.83 bits per heavy atom. The summed E-state index contributed by atoms with van der Waals surface area (Å²) in [5.41, 5.74) is 3.14. The zero-order chi connectivity index (χ0) is 21.0. The molecule has 5 nitrogen and oxygen atoms in total. The van der Waals surface area contributed by atoms with Gasteiger partial charge in [0.25, 0.3) is 0 Å². The van der Waals surface area contributed by atoms with Crippen LogP contribution in [0.1, 0.15) is 23.6 Å². The van der Waals surface area contributed by atoms with Gasteiger partial charge in [-0.15, -0.1) is 0 Å². The molecule has 0 radical (unpaired) electrons. The van der Waals surface area contributed by atoms with Crippen LogP contribution in [-0.4, -0.2) is 10.8 Å². The summed E-state index contributed by atoms with van der Waals surface area (Å²) >= 11 is 0. The molecule has 0 saturated heterocycles. The number of hydrogen-bond acceptors (Lipinski definition) is 4. The first-order chi connectivity index (χ1) is 14.5. The Hall–Kier alpha value is -3.56. The smallest absolute Gasteiger partial charge is 0.235 e. The van der Waals surface area contributed by atoms with E-state index in [2.05, 4.69) is 10.3 Å². The van der Waals surface area contributed by atoms with E-state index in [9.17, 15) is 9.67 Å². The van der Waals surface area contributed by atoms with E-state index in [1.165, 1.54) is 0 Å². The van der Waals surface area contributed by atoms with Crippen molar-refractivity contribution in [3.63, 3.8) is 0 Å². The second-order valence-corrected chi connectivity index (χ2v) is 9.01. The van der Waals surface area contributed by atoms with Gasteiger partial charge < -0.3 is 9.84 Å². The van der Waals surface area contributed by atoms with E-state index in [0.29, 0.717) is 17.2 Å². The van der Waals surface area contributed by atoms with Crippen LogP contribution in [0.4, 0.5) is 0 Å². The molecule has 2 N–H and O–H groups in total. The molecule has 0 aromatic heterocycles. The third-order valence-electron chi connectivity index (χ3n) is 4.61. The van der Waals surface area contributed by atoms with Crippen LogP contribution < -0.4 is 5.20 Å². The van der Waals surface area contributed by atoms with Gasteiger partial charge in [0.15, 0.2) is 0 Å². The molecule has 1 heterocycles. The lowest BCUT2D eigenvalue weighted by atomic mass is 10.1. The molecular weight excluding hydrogens is 395 g/mol. The first-order valence-corrected chi connectivity index (χ1v) is 11.3. The van der Waals surface area contributed by atoms with Crippen molar-refractivity contribution in [3.05, 3.63) is 113 Å². The fourth-order valence-electron chi connectivity index (χ4n) is 3.01. The number of hydrogen-bond donors (Lipinski definition) is 2. The van der Waals surface area contributed by atoms with Crippen LogP contribution in [-0.2, 0) is 9.30 Å². The van der Waals surface area contributed by atoms with E-state index in [1.54, 1.807) is 35.9 Å². The average molecular weight is 416 g/mol. The highest BCUT2D eigenvalue weighted by molar-refractivity contribution is 7.68. The van der Waals surface area contributed by atoms with E-state index in [0.717, 1.165) is 16.7 Å². The highest BCUT2D eigenvalue weighted by atomic mass is 31.2. The van der Waals surface area contributed by atoms with Crippen molar-refractivity contribution >= 4 is 24.5 Å². The maximum absolute atomic E-state index is 13.7. The average Bonchev–Trinajstić information content (AvgIpc) is 2.79. The number of hydrazone groups is 1. The summed E-state index contributed by atoms with van der Waals surface area (Å²) in [6.07, 6.45) is 0. The number of rotatable bonds is 5. The van der Waals surface area contributed by atoms with Crippen molar-refractivity contribution < 1.29 is 14.4 Å². The molecule has 0 bridgehead atoms. The second-order valence-electron chi connectivity index (χ2n) is 6.87. The standard InChI is InChI=1S/C24H21N2O3P/c1-18(19-12-14-22(27)15-13-19)25-26-30(28)16-23(20-8-4-2-5-9-20)29-24(17-30)21-10-6-3-7-11-21/h2-17,27H,1H3,(H,26,28). The van der Waals surface area contributed by atoms with Crippen molar-refractivity contribution in [3.8, 4) is 5.75 Å². The van der Waals surface area contributed by atoms with Crippen LogP contribution in [0.3, 0.4) is 0 Å². The number of phenols is 1. The molecule has 0 atom stereocenters. The van der Waals surface area contributed by atoms with E-state index in [-0.39, 0.29) is 5.75 Å². The first kappa shape index (κ1) is 19.7. The zero-order valence-electron chi connectivity index (χ0n) is 16.4. The van der Waals surface area contributed by atoms with Gasteiger partial charge in [0.2, 0.25) is 7.29 Å². The Morgan fingerprint density at radius 2 is 1.33 bits per heavy atom. The summed E-state index contributed by atoms with van der Waals surface area (Å²) in [5, 5.41) is 16.7. The predicted octanol–water partition coefficient (Wildman–Crippen LogP) is 6.01. The molecule has 0 amide bonds. The second kappa shape index (κ2) is 8.44. The van der Waals surface area contributed by atoms with Gasteiger partial charge in [-0.25, -0.2) is 0 Å². The van der Waals surface area contributed by atoms with E-state index < -0.39 is 7.29 Å². The highest BCUT2D eigenvalue weighted by Crippen LogP contribution is 2.53. The van der Waals surface area contributed by atoms with E-state index in [1.807, 2.05) is 67.6 Å². The SMILES string of the molecule is CC(=NNP1(=O)C=C(c2ccccc2)OC(c2ccccc2)=C1)c1ccc(O)cc1. The molecule has 1 aliphatic heterocycles. The molecule has 4 rings (SSSR count). The van der Waals surface area contributed by atoms with Gasteiger partial charge >= 0.3 is 0 Å². The third-order valence-corrected chi connectivity index (χ3v) is 6.26.